The molecule has 1 atom stereocenters. The number of nitrogens with zero attached hydrogens (tertiary/aromatic N) is 2. The Bertz CT molecular complexity index is 455. The first-order valence-corrected chi connectivity index (χ1v) is 6.93. The molecule has 0 aliphatic carbocycles. The second-order valence-corrected chi connectivity index (χ2v) is 5.33. The lowest BCUT2D eigenvalue weighted by atomic mass is 10.3. The minimum Gasteiger partial charge on any atom is -0.348 e. The minimum atomic E-state index is -0.00713. The molecule has 0 spiro atoms. The maximum absolute atomic E-state index is 11.7. The van der Waals surface area contributed by atoms with E-state index in [1.165, 1.54) is 18.1 Å². The van der Waals surface area contributed by atoms with Gasteiger partial charge in [-0.2, -0.15) is 5.10 Å². The van der Waals surface area contributed by atoms with E-state index in [9.17, 15) is 4.79 Å². The molecule has 0 radical (unpaired) electrons. The van der Waals surface area contributed by atoms with Crippen LogP contribution in [0.5, 0.6) is 0 Å². The van der Waals surface area contributed by atoms with Crippen LogP contribution in [0.25, 0.3) is 0 Å². The summed E-state index contributed by atoms with van der Waals surface area (Å²) in [5, 5.41) is 12.0. The van der Waals surface area contributed by atoms with E-state index in [4.69, 9.17) is 0 Å². The molecule has 0 aliphatic rings. The summed E-state index contributed by atoms with van der Waals surface area (Å²) >= 11 is 2.98. The standard InChI is InChI=1S/C10H12N4OS2/c1-7(8-3-2-4-16-8)13-9(15)5-17-10-11-6-12-14-10/h2-4,6-7H,5H2,1H3,(H,13,15)(H,11,12,14). The van der Waals surface area contributed by atoms with E-state index >= 15 is 0 Å². The summed E-state index contributed by atoms with van der Waals surface area (Å²) in [6.07, 6.45) is 1.43. The van der Waals surface area contributed by atoms with Crippen molar-refractivity contribution in [3.8, 4) is 0 Å². The van der Waals surface area contributed by atoms with Crippen molar-refractivity contribution in [1.82, 2.24) is 20.5 Å². The summed E-state index contributed by atoms with van der Waals surface area (Å²) < 4.78 is 0. The van der Waals surface area contributed by atoms with Gasteiger partial charge in [0.1, 0.15) is 6.33 Å². The number of aromatic amines is 1. The average Bonchev–Trinajstić information content (AvgIpc) is 2.99. The van der Waals surface area contributed by atoms with Gasteiger partial charge in [-0.25, -0.2) is 4.98 Å². The molecule has 2 rings (SSSR count). The van der Waals surface area contributed by atoms with Gasteiger partial charge in [0.15, 0.2) is 5.16 Å². The summed E-state index contributed by atoms with van der Waals surface area (Å²) in [6.45, 7) is 1.98. The summed E-state index contributed by atoms with van der Waals surface area (Å²) in [4.78, 5) is 16.7. The fraction of sp³-hybridized carbons (Fsp3) is 0.300. The number of thioether (sulfide) groups is 1. The Labute approximate surface area is 107 Å². The molecule has 2 N–H and O–H groups in total. The van der Waals surface area contributed by atoms with Crippen molar-refractivity contribution in [2.45, 2.75) is 18.1 Å². The van der Waals surface area contributed by atoms with Crippen LogP contribution in [0.15, 0.2) is 29.0 Å². The first kappa shape index (κ1) is 12.1. The molecule has 5 nitrogen and oxygen atoms in total. The third kappa shape index (κ3) is 3.57. The maximum atomic E-state index is 11.7. The molecule has 2 aromatic heterocycles. The Hall–Kier alpha value is -1.34. The summed E-state index contributed by atoms with van der Waals surface area (Å²) in [7, 11) is 0. The molecular weight excluding hydrogens is 256 g/mol. The first-order valence-electron chi connectivity index (χ1n) is 5.06. The largest absolute Gasteiger partial charge is 0.348 e. The molecule has 2 aromatic rings. The van der Waals surface area contributed by atoms with Crippen LogP contribution in [-0.4, -0.2) is 26.8 Å². The van der Waals surface area contributed by atoms with Gasteiger partial charge in [0.25, 0.3) is 0 Å². The number of H-pyrrole nitrogens is 1. The van der Waals surface area contributed by atoms with Crippen LogP contribution in [0, 0.1) is 0 Å². The second-order valence-electron chi connectivity index (χ2n) is 3.38. The number of hydrogen-bond donors (Lipinski definition) is 2. The third-order valence-corrected chi connectivity index (χ3v) is 4.01. The van der Waals surface area contributed by atoms with Crippen molar-refractivity contribution in [2.24, 2.45) is 0 Å². The van der Waals surface area contributed by atoms with E-state index in [1.807, 2.05) is 24.4 Å². The SMILES string of the molecule is CC(NC(=O)CSc1ncn[nH]1)c1cccs1. The molecule has 7 heteroatoms. The molecule has 1 unspecified atom stereocenters. The number of aromatic nitrogens is 3. The molecule has 2 heterocycles. The van der Waals surface area contributed by atoms with E-state index < -0.39 is 0 Å². The lowest BCUT2D eigenvalue weighted by molar-refractivity contribution is -0.119. The predicted molar refractivity (Wildman–Crippen MR) is 68.0 cm³/mol. The maximum Gasteiger partial charge on any atom is 0.230 e. The summed E-state index contributed by atoms with van der Waals surface area (Å²) in [5.41, 5.74) is 0. The van der Waals surface area contributed by atoms with Gasteiger partial charge in [-0.1, -0.05) is 17.8 Å². The van der Waals surface area contributed by atoms with Crippen LogP contribution in [-0.2, 0) is 4.79 Å². The highest BCUT2D eigenvalue weighted by Crippen LogP contribution is 2.18. The van der Waals surface area contributed by atoms with Crippen molar-refractivity contribution in [3.05, 3.63) is 28.7 Å². The number of carbonyl (C=O) groups excluding carboxylic acids is 1. The van der Waals surface area contributed by atoms with Gasteiger partial charge in [-0.15, -0.1) is 11.3 Å². The lowest BCUT2D eigenvalue weighted by Crippen LogP contribution is -2.27. The molecule has 0 fully saturated rings. The van der Waals surface area contributed by atoms with Gasteiger partial charge in [0.05, 0.1) is 11.8 Å². The highest BCUT2D eigenvalue weighted by Gasteiger charge is 2.10. The molecule has 90 valence electrons. The van der Waals surface area contributed by atoms with E-state index in [0.717, 1.165) is 4.88 Å². The van der Waals surface area contributed by atoms with Gasteiger partial charge >= 0.3 is 0 Å². The molecule has 0 saturated carbocycles. The topological polar surface area (TPSA) is 70.7 Å². The van der Waals surface area contributed by atoms with Crippen molar-refractivity contribution in [1.29, 1.82) is 0 Å². The zero-order chi connectivity index (χ0) is 12.1. The van der Waals surface area contributed by atoms with Gasteiger partial charge in [0.2, 0.25) is 5.91 Å². The fourth-order valence-corrected chi connectivity index (χ4v) is 2.61. The zero-order valence-corrected chi connectivity index (χ0v) is 10.8. The minimum absolute atomic E-state index is 0.00713. The Morgan fingerprint density at radius 1 is 1.71 bits per heavy atom. The number of nitrogens with one attached hydrogen (secondary N) is 2. The van der Waals surface area contributed by atoms with Gasteiger partial charge in [0, 0.05) is 4.88 Å². The van der Waals surface area contributed by atoms with Gasteiger partial charge in [-0.05, 0) is 18.4 Å². The van der Waals surface area contributed by atoms with Crippen molar-refractivity contribution in [3.63, 3.8) is 0 Å². The molecule has 1 amide bonds. The monoisotopic (exact) mass is 268 g/mol. The Balaban J connectivity index is 1.77. The Kier molecular flexibility index (Phi) is 4.16. The molecule has 0 bridgehead atoms. The molecule has 17 heavy (non-hydrogen) atoms. The average molecular weight is 268 g/mol. The molecule has 0 aliphatic heterocycles. The van der Waals surface area contributed by atoms with Crippen LogP contribution in [0.2, 0.25) is 0 Å². The van der Waals surface area contributed by atoms with Gasteiger partial charge in [-0.3, -0.25) is 9.89 Å². The van der Waals surface area contributed by atoms with E-state index in [1.54, 1.807) is 11.3 Å². The molecule has 0 saturated heterocycles. The number of thiophene rings is 1. The van der Waals surface area contributed by atoms with Gasteiger partial charge < -0.3 is 5.32 Å². The summed E-state index contributed by atoms with van der Waals surface area (Å²) in [5.74, 6) is 0.331. The van der Waals surface area contributed by atoms with Crippen molar-refractivity contribution in [2.75, 3.05) is 5.75 Å². The van der Waals surface area contributed by atoms with Crippen molar-refractivity contribution >= 4 is 29.0 Å². The van der Waals surface area contributed by atoms with E-state index in [0.29, 0.717) is 10.9 Å². The number of rotatable bonds is 5. The normalized spacial score (nSPS) is 12.3. The van der Waals surface area contributed by atoms with Crippen LogP contribution in [0.3, 0.4) is 0 Å². The number of amides is 1. The predicted octanol–water partition coefficient (Wildman–Crippen LogP) is 1.84. The lowest BCUT2D eigenvalue weighted by Gasteiger charge is -2.11. The fourth-order valence-electron chi connectivity index (χ4n) is 1.29. The van der Waals surface area contributed by atoms with Crippen LogP contribution >= 0.6 is 23.1 Å². The number of hydrogen-bond acceptors (Lipinski definition) is 5. The van der Waals surface area contributed by atoms with E-state index in [-0.39, 0.29) is 11.9 Å². The number of carbonyl (C=O) groups is 1. The second kappa shape index (κ2) is 5.83. The van der Waals surface area contributed by atoms with Crippen molar-refractivity contribution < 1.29 is 4.79 Å². The van der Waals surface area contributed by atoms with Crippen LogP contribution < -0.4 is 5.32 Å². The Morgan fingerprint density at radius 3 is 3.24 bits per heavy atom. The smallest absolute Gasteiger partial charge is 0.230 e. The quantitative estimate of drug-likeness (QED) is 0.812. The molecule has 0 aromatic carbocycles. The third-order valence-electron chi connectivity index (χ3n) is 2.08. The zero-order valence-electron chi connectivity index (χ0n) is 9.21. The highest BCUT2D eigenvalue weighted by atomic mass is 32.2. The van der Waals surface area contributed by atoms with Crippen LogP contribution in [0.4, 0.5) is 0 Å². The van der Waals surface area contributed by atoms with Crippen LogP contribution in [0.1, 0.15) is 17.8 Å². The Morgan fingerprint density at radius 2 is 2.59 bits per heavy atom. The van der Waals surface area contributed by atoms with E-state index in [2.05, 4.69) is 20.5 Å². The molecular formula is C10H12N4OS2. The highest BCUT2D eigenvalue weighted by molar-refractivity contribution is 7.99. The first-order chi connectivity index (χ1) is 8.25. The summed E-state index contributed by atoms with van der Waals surface area (Å²) in [6, 6.07) is 4.04.